The van der Waals surface area contributed by atoms with E-state index in [1.807, 2.05) is 13.0 Å². The van der Waals surface area contributed by atoms with E-state index in [1.54, 1.807) is 42.5 Å². The van der Waals surface area contributed by atoms with E-state index in [0.29, 0.717) is 16.3 Å². The quantitative estimate of drug-likeness (QED) is 0.361. The van der Waals surface area contributed by atoms with Crippen molar-refractivity contribution in [3.8, 4) is 0 Å². The lowest BCUT2D eigenvalue weighted by Crippen LogP contribution is -2.51. The van der Waals surface area contributed by atoms with E-state index in [-0.39, 0.29) is 16.1 Å². The fraction of sp³-hybridized carbons (Fsp3) is 0.185. The number of hydrogen-bond donors (Lipinski definition) is 0. The van der Waals surface area contributed by atoms with Gasteiger partial charge in [0.1, 0.15) is 0 Å². The van der Waals surface area contributed by atoms with E-state index < -0.39 is 46.9 Å². The number of benzene rings is 3. The van der Waals surface area contributed by atoms with Crippen LogP contribution in [-0.2, 0) is 14.3 Å². The van der Waals surface area contributed by atoms with Gasteiger partial charge >= 0.3 is 0 Å². The van der Waals surface area contributed by atoms with Crippen LogP contribution >= 0.6 is 23.2 Å². The smallest absolute Gasteiger partial charge is 0.241 e. The van der Waals surface area contributed by atoms with Gasteiger partial charge in [0.05, 0.1) is 23.6 Å². The SMILES string of the molecule is Cc1cccc(N2C(=O)[C@@H]3[C@@H](c4ccc(Cl)cc4Cl)OC4(C(=O)c5ccccc5C4=O)[C@@H]3C2=O)c1. The number of aryl methyl sites for hydroxylation is 1. The highest BCUT2D eigenvalue weighted by atomic mass is 35.5. The Morgan fingerprint density at radius 1 is 0.829 bits per heavy atom. The molecule has 3 aliphatic rings. The molecule has 6 nitrogen and oxygen atoms in total. The Morgan fingerprint density at radius 3 is 2.14 bits per heavy atom. The predicted molar refractivity (Wildman–Crippen MR) is 129 cm³/mol. The molecule has 0 aromatic heterocycles. The molecule has 3 aromatic carbocycles. The zero-order valence-electron chi connectivity index (χ0n) is 18.3. The number of fused-ring (bicyclic) bond motifs is 3. The van der Waals surface area contributed by atoms with Crippen molar-refractivity contribution in [2.75, 3.05) is 4.90 Å². The summed E-state index contributed by atoms with van der Waals surface area (Å²) in [5.41, 5.74) is -0.189. The van der Waals surface area contributed by atoms with E-state index in [4.69, 9.17) is 27.9 Å². The van der Waals surface area contributed by atoms with Crippen LogP contribution in [0.3, 0.4) is 0 Å². The van der Waals surface area contributed by atoms with Gasteiger partial charge in [-0.3, -0.25) is 19.2 Å². The lowest BCUT2D eigenvalue weighted by molar-refractivity contribution is -0.127. The van der Waals surface area contributed by atoms with Crippen molar-refractivity contribution in [3.63, 3.8) is 0 Å². The molecule has 2 fully saturated rings. The molecule has 35 heavy (non-hydrogen) atoms. The van der Waals surface area contributed by atoms with Crippen molar-refractivity contribution >= 4 is 52.3 Å². The minimum atomic E-state index is -2.15. The minimum absolute atomic E-state index is 0.174. The van der Waals surface area contributed by atoms with E-state index in [1.165, 1.54) is 18.2 Å². The number of imide groups is 1. The van der Waals surface area contributed by atoms with E-state index in [9.17, 15) is 19.2 Å². The summed E-state index contributed by atoms with van der Waals surface area (Å²) in [5, 5.41) is 0.585. The summed E-state index contributed by atoms with van der Waals surface area (Å²) in [7, 11) is 0. The highest BCUT2D eigenvalue weighted by molar-refractivity contribution is 6.37. The molecule has 1 aliphatic carbocycles. The molecule has 0 unspecified atom stereocenters. The second-order valence-corrected chi connectivity index (χ2v) is 9.84. The third kappa shape index (κ3) is 2.88. The van der Waals surface area contributed by atoms with Gasteiger partial charge in [0.2, 0.25) is 29.0 Å². The number of amides is 2. The maximum atomic E-state index is 13.9. The van der Waals surface area contributed by atoms with Crippen molar-refractivity contribution in [2.24, 2.45) is 11.8 Å². The number of carbonyl (C=O) groups is 4. The molecule has 0 radical (unpaired) electrons. The number of anilines is 1. The van der Waals surface area contributed by atoms with Crippen LogP contribution in [0.4, 0.5) is 5.69 Å². The third-order valence-electron chi connectivity index (χ3n) is 7.05. The molecular weight excluding hydrogens is 489 g/mol. The largest absolute Gasteiger partial charge is 0.349 e. The molecule has 2 saturated heterocycles. The number of ether oxygens (including phenoxy) is 1. The fourth-order valence-electron chi connectivity index (χ4n) is 5.55. The van der Waals surface area contributed by atoms with E-state index in [2.05, 4.69) is 0 Å². The molecular formula is C27H17Cl2NO5. The van der Waals surface area contributed by atoms with Crippen LogP contribution in [0.5, 0.6) is 0 Å². The molecule has 2 heterocycles. The lowest BCUT2D eigenvalue weighted by Gasteiger charge is -2.27. The molecule has 8 heteroatoms. The van der Waals surface area contributed by atoms with Crippen LogP contribution in [-0.4, -0.2) is 29.0 Å². The van der Waals surface area contributed by atoms with Crippen molar-refractivity contribution in [1.82, 2.24) is 0 Å². The second-order valence-electron chi connectivity index (χ2n) is 9.00. The molecule has 3 atom stereocenters. The van der Waals surface area contributed by atoms with Crippen LogP contribution < -0.4 is 4.90 Å². The van der Waals surface area contributed by atoms with Gasteiger partial charge in [-0.2, -0.15) is 0 Å². The molecule has 0 bridgehead atoms. The monoisotopic (exact) mass is 505 g/mol. The molecule has 174 valence electrons. The summed E-state index contributed by atoms with van der Waals surface area (Å²) in [5.74, 6) is -4.88. The van der Waals surface area contributed by atoms with Gasteiger partial charge in [-0.15, -0.1) is 0 Å². The number of carbonyl (C=O) groups excluding carboxylic acids is 4. The van der Waals surface area contributed by atoms with Gasteiger partial charge in [-0.05, 0) is 36.8 Å². The zero-order valence-corrected chi connectivity index (χ0v) is 19.8. The Morgan fingerprint density at radius 2 is 1.51 bits per heavy atom. The molecule has 6 rings (SSSR count). The van der Waals surface area contributed by atoms with Crippen molar-refractivity contribution in [3.05, 3.63) is 99.0 Å². The minimum Gasteiger partial charge on any atom is -0.349 e. The summed E-state index contributed by atoms with van der Waals surface area (Å²) in [4.78, 5) is 56.3. The highest BCUT2D eigenvalue weighted by Crippen LogP contribution is 2.58. The second kappa shape index (κ2) is 7.59. The number of halogens is 2. The lowest BCUT2D eigenvalue weighted by atomic mass is 9.77. The van der Waals surface area contributed by atoms with Crippen molar-refractivity contribution in [1.29, 1.82) is 0 Å². The first-order chi connectivity index (χ1) is 16.8. The maximum Gasteiger partial charge on any atom is 0.241 e. The van der Waals surface area contributed by atoms with E-state index >= 15 is 0 Å². The van der Waals surface area contributed by atoms with Crippen LogP contribution in [0.1, 0.15) is 37.9 Å². The summed E-state index contributed by atoms with van der Waals surface area (Å²) in [6.07, 6.45) is -1.10. The first kappa shape index (κ1) is 22.2. The number of hydrogen-bond acceptors (Lipinski definition) is 5. The molecule has 1 spiro atoms. The van der Waals surface area contributed by atoms with Crippen LogP contribution in [0.2, 0.25) is 10.0 Å². The molecule has 0 N–H and O–H groups in total. The van der Waals surface area contributed by atoms with Crippen molar-refractivity contribution in [2.45, 2.75) is 18.6 Å². The van der Waals surface area contributed by atoms with Gasteiger partial charge in [-0.25, -0.2) is 4.90 Å². The number of Topliss-reactive ketones (excluding diaryl/α,β-unsaturated/α-hetero) is 2. The average Bonchev–Trinajstić information content (AvgIpc) is 3.39. The molecule has 2 amide bonds. The van der Waals surface area contributed by atoms with Crippen LogP contribution in [0, 0.1) is 18.8 Å². The van der Waals surface area contributed by atoms with Crippen LogP contribution in [0.15, 0.2) is 66.7 Å². The van der Waals surface area contributed by atoms with Crippen molar-refractivity contribution < 1.29 is 23.9 Å². The molecule has 3 aromatic rings. The molecule has 0 saturated carbocycles. The highest BCUT2D eigenvalue weighted by Gasteiger charge is 2.74. The van der Waals surface area contributed by atoms with Gasteiger partial charge in [0.15, 0.2) is 0 Å². The summed E-state index contributed by atoms with van der Waals surface area (Å²) in [6, 6.07) is 18.0. The third-order valence-corrected chi connectivity index (χ3v) is 7.61. The first-order valence-corrected chi connectivity index (χ1v) is 11.8. The fourth-order valence-corrected chi connectivity index (χ4v) is 6.07. The Kier molecular flexibility index (Phi) is 4.81. The maximum absolute atomic E-state index is 13.9. The standard InChI is InChI=1S/C27H17Cl2NO5/c1-13-5-4-6-15(11-13)30-25(33)20-21(26(30)34)27(23(31)16-7-2-3-8-17(16)24(27)32)35-22(20)18-10-9-14(28)12-19(18)29/h2-12,20-22H,1H3/t20-,21-,22+/m0/s1. The number of ketones is 2. The van der Waals surface area contributed by atoms with Gasteiger partial charge in [-0.1, -0.05) is 65.7 Å². The predicted octanol–water partition coefficient (Wildman–Crippen LogP) is 5.00. The van der Waals surface area contributed by atoms with Gasteiger partial charge in [0.25, 0.3) is 0 Å². The summed E-state index contributed by atoms with van der Waals surface area (Å²) in [6.45, 7) is 1.84. The Balaban J connectivity index is 1.57. The Hall–Kier alpha value is -3.32. The Bertz CT molecular complexity index is 1450. The zero-order chi connectivity index (χ0) is 24.6. The molecule has 2 aliphatic heterocycles. The summed E-state index contributed by atoms with van der Waals surface area (Å²) >= 11 is 12.5. The Labute approximate surface area is 210 Å². The van der Waals surface area contributed by atoms with E-state index in [0.717, 1.165) is 10.5 Å². The topological polar surface area (TPSA) is 80.8 Å². The summed E-state index contributed by atoms with van der Waals surface area (Å²) < 4.78 is 6.24. The number of nitrogens with zero attached hydrogens (tertiary/aromatic N) is 1. The van der Waals surface area contributed by atoms with Gasteiger partial charge in [0, 0.05) is 26.7 Å². The first-order valence-electron chi connectivity index (χ1n) is 11.0. The average molecular weight is 506 g/mol. The van der Waals surface area contributed by atoms with Crippen LogP contribution in [0.25, 0.3) is 0 Å². The normalized spacial score (nSPS) is 24.4. The number of rotatable bonds is 2. The van der Waals surface area contributed by atoms with Gasteiger partial charge < -0.3 is 4.74 Å².